The second kappa shape index (κ2) is 6.36. The second-order valence-electron chi connectivity index (χ2n) is 4.47. The van der Waals surface area contributed by atoms with E-state index in [-0.39, 0.29) is 5.91 Å². The van der Waals surface area contributed by atoms with E-state index >= 15 is 0 Å². The number of hydrogen-bond donors (Lipinski definition) is 1. The van der Waals surface area contributed by atoms with Crippen molar-refractivity contribution in [2.45, 2.75) is 6.42 Å². The van der Waals surface area contributed by atoms with E-state index in [2.05, 4.69) is 5.32 Å². The van der Waals surface area contributed by atoms with Gasteiger partial charge in [-0.1, -0.05) is 11.6 Å². The first kappa shape index (κ1) is 13.6. The van der Waals surface area contributed by atoms with Crippen LogP contribution in [-0.2, 0) is 4.79 Å². The molecule has 0 aromatic carbocycles. The Labute approximate surface area is 116 Å². The van der Waals surface area contributed by atoms with Crippen molar-refractivity contribution in [1.29, 1.82) is 0 Å². The van der Waals surface area contributed by atoms with Gasteiger partial charge >= 0.3 is 0 Å². The Morgan fingerprint density at radius 3 is 3.17 bits per heavy atom. The Balaban J connectivity index is 1.87. The average Bonchev–Trinajstić information content (AvgIpc) is 2.96. The van der Waals surface area contributed by atoms with Crippen LogP contribution in [0.15, 0.2) is 18.2 Å². The van der Waals surface area contributed by atoms with Crippen LogP contribution in [0, 0.1) is 5.92 Å². The maximum Gasteiger partial charge on any atom is 0.246 e. The molecule has 1 aliphatic heterocycles. The predicted molar refractivity (Wildman–Crippen MR) is 77.0 cm³/mol. The zero-order valence-corrected chi connectivity index (χ0v) is 11.9. The summed E-state index contributed by atoms with van der Waals surface area (Å²) in [5.41, 5.74) is 0. The third-order valence-corrected chi connectivity index (χ3v) is 4.27. The molecule has 0 aliphatic carbocycles. The molecule has 0 saturated carbocycles. The van der Waals surface area contributed by atoms with Gasteiger partial charge < -0.3 is 10.2 Å². The standard InChI is InChI=1S/C13H17ClN2OS/c1-15-8-10-6-7-16(9-10)13(17)5-3-11-2-4-12(14)18-11/h2-5,10,15H,6-9H2,1H3. The summed E-state index contributed by atoms with van der Waals surface area (Å²) < 4.78 is 0.748. The van der Waals surface area contributed by atoms with Gasteiger partial charge in [0.1, 0.15) is 0 Å². The monoisotopic (exact) mass is 284 g/mol. The number of likely N-dealkylation sites (tertiary alicyclic amines) is 1. The molecule has 98 valence electrons. The van der Waals surface area contributed by atoms with Gasteiger partial charge in [0.2, 0.25) is 5.91 Å². The van der Waals surface area contributed by atoms with Crippen molar-refractivity contribution < 1.29 is 4.79 Å². The lowest BCUT2D eigenvalue weighted by atomic mass is 10.1. The molecule has 1 aromatic rings. The molecule has 1 unspecified atom stereocenters. The summed E-state index contributed by atoms with van der Waals surface area (Å²) in [6.45, 7) is 2.70. The van der Waals surface area contributed by atoms with E-state index in [1.807, 2.05) is 30.2 Å². The van der Waals surface area contributed by atoms with E-state index in [0.717, 1.165) is 35.3 Å². The third-order valence-electron chi connectivity index (χ3n) is 3.07. The molecule has 1 aromatic heterocycles. The fourth-order valence-electron chi connectivity index (χ4n) is 2.16. The Morgan fingerprint density at radius 2 is 2.50 bits per heavy atom. The smallest absolute Gasteiger partial charge is 0.246 e. The van der Waals surface area contributed by atoms with Gasteiger partial charge in [0.05, 0.1) is 4.34 Å². The van der Waals surface area contributed by atoms with Gasteiger partial charge in [-0.05, 0) is 44.1 Å². The highest BCUT2D eigenvalue weighted by Crippen LogP contribution is 2.22. The first-order valence-corrected chi connectivity index (χ1v) is 7.25. The molecular weight excluding hydrogens is 268 g/mol. The van der Waals surface area contributed by atoms with Gasteiger partial charge in [-0.25, -0.2) is 0 Å². The SMILES string of the molecule is CNCC1CCN(C(=O)C=Cc2ccc(Cl)s2)C1. The highest BCUT2D eigenvalue weighted by molar-refractivity contribution is 7.17. The average molecular weight is 285 g/mol. The van der Waals surface area contributed by atoms with Crippen molar-refractivity contribution in [3.8, 4) is 0 Å². The zero-order chi connectivity index (χ0) is 13.0. The molecule has 0 spiro atoms. The molecule has 1 N–H and O–H groups in total. The molecule has 1 aliphatic rings. The Hall–Kier alpha value is -0.840. The van der Waals surface area contributed by atoms with Crippen LogP contribution in [0.3, 0.4) is 0 Å². The minimum absolute atomic E-state index is 0.0955. The van der Waals surface area contributed by atoms with Crippen LogP contribution < -0.4 is 5.32 Å². The van der Waals surface area contributed by atoms with Gasteiger partial charge in [-0.15, -0.1) is 11.3 Å². The van der Waals surface area contributed by atoms with Crippen molar-refractivity contribution in [2.24, 2.45) is 5.92 Å². The third kappa shape index (κ3) is 3.57. The Bertz CT molecular complexity index is 444. The maximum atomic E-state index is 12.0. The van der Waals surface area contributed by atoms with Gasteiger partial charge in [0, 0.05) is 24.0 Å². The number of carbonyl (C=O) groups excluding carboxylic acids is 1. The van der Waals surface area contributed by atoms with Crippen LogP contribution in [0.2, 0.25) is 4.34 Å². The van der Waals surface area contributed by atoms with Crippen LogP contribution in [0.5, 0.6) is 0 Å². The molecule has 1 saturated heterocycles. The fraction of sp³-hybridized carbons (Fsp3) is 0.462. The molecule has 18 heavy (non-hydrogen) atoms. The molecule has 1 atom stereocenters. The summed E-state index contributed by atoms with van der Waals surface area (Å²) in [6.07, 6.45) is 4.57. The summed E-state index contributed by atoms with van der Waals surface area (Å²) in [4.78, 5) is 14.9. The summed E-state index contributed by atoms with van der Waals surface area (Å²) in [6, 6.07) is 3.76. The maximum absolute atomic E-state index is 12.0. The lowest BCUT2D eigenvalue weighted by molar-refractivity contribution is -0.125. The van der Waals surface area contributed by atoms with Crippen molar-refractivity contribution >= 4 is 34.9 Å². The van der Waals surface area contributed by atoms with Gasteiger partial charge in [-0.2, -0.15) is 0 Å². The molecule has 2 rings (SSSR count). The number of thiophene rings is 1. The van der Waals surface area contributed by atoms with E-state index in [4.69, 9.17) is 11.6 Å². The highest BCUT2D eigenvalue weighted by atomic mass is 35.5. The first-order valence-electron chi connectivity index (χ1n) is 6.06. The number of nitrogens with zero attached hydrogens (tertiary/aromatic N) is 1. The molecule has 3 nitrogen and oxygen atoms in total. The van der Waals surface area contributed by atoms with E-state index in [1.54, 1.807) is 6.08 Å². The lowest BCUT2D eigenvalue weighted by Crippen LogP contribution is -2.28. The van der Waals surface area contributed by atoms with Crippen LogP contribution >= 0.6 is 22.9 Å². The summed E-state index contributed by atoms with van der Waals surface area (Å²) in [5.74, 6) is 0.682. The van der Waals surface area contributed by atoms with Crippen LogP contribution in [0.1, 0.15) is 11.3 Å². The van der Waals surface area contributed by atoms with Gasteiger partial charge in [0.25, 0.3) is 0 Å². The van der Waals surface area contributed by atoms with Crippen molar-refractivity contribution in [1.82, 2.24) is 10.2 Å². The van der Waals surface area contributed by atoms with Gasteiger partial charge in [-0.3, -0.25) is 4.79 Å². The number of halogens is 1. The molecule has 1 fully saturated rings. The summed E-state index contributed by atoms with van der Waals surface area (Å²) in [7, 11) is 1.95. The quantitative estimate of drug-likeness (QED) is 0.862. The van der Waals surface area contributed by atoms with E-state index < -0.39 is 0 Å². The number of carbonyl (C=O) groups is 1. The van der Waals surface area contributed by atoms with Crippen LogP contribution in [0.25, 0.3) is 6.08 Å². The summed E-state index contributed by atoms with van der Waals surface area (Å²) in [5, 5.41) is 3.16. The normalized spacial score (nSPS) is 19.9. The fourth-order valence-corrected chi connectivity index (χ4v) is 3.13. The molecule has 5 heteroatoms. The highest BCUT2D eigenvalue weighted by Gasteiger charge is 2.24. The zero-order valence-electron chi connectivity index (χ0n) is 10.4. The van der Waals surface area contributed by atoms with Crippen molar-refractivity contribution in [2.75, 3.05) is 26.7 Å². The number of amides is 1. The van der Waals surface area contributed by atoms with E-state index in [0.29, 0.717) is 5.92 Å². The van der Waals surface area contributed by atoms with Gasteiger partial charge in [0.15, 0.2) is 0 Å². The Morgan fingerprint density at radius 1 is 1.67 bits per heavy atom. The van der Waals surface area contributed by atoms with Crippen LogP contribution in [0.4, 0.5) is 0 Å². The first-order chi connectivity index (χ1) is 8.69. The van der Waals surface area contributed by atoms with Crippen LogP contribution in [-0.4, -0.2) is 37.5 Å². The number of hydrogen-bond acceptors (Lipinski definition) is 3. The molecule has 2 heterocycles. The topological polar surface area (TPSA) is 32.3 Å². The molecule has 0 radical (unpaired) electrons. The molecule has 0 bridgehead atoms. The molecule has 1 amide bonds. The Kier molecular flexibility index (Phi) is 4.80. The lowest BCUT2D eigenvalue weighted by Gasteiger charge is -2.14. The van der Waals surface area contributed by atoms with E-state index in [9.17, 15) is 4.79 Å². The number of rotatable bonds is 4. The minimum atomic E-state index is 0.0955. The van der Waals surface area contributed by atoms with Crippen molar-refractivity contribution in [3.05, 3.63) is 27.4 Å². The minimum Gasteiger partial charge on any atom is -0.339 e. The van der Waals surface area contributed by atoms with E-state index in [1.165, 1.54) is 11.3 Å². The molecular formula is C13H17ClN2OS. The van der Waals surface area contributed by atoms with Crippen molar-refractivity contribution in [3.63, 3.8) is 0 Å². The largest absolute Gasteiger partial charge is 0.339 e. The summed E-state index contributed by atoms with van der Waals surface area (Å²) >= 11 is 7.32. The second-order valence-corrected chi connectivity index (χ2v) is 6.22. The number of nitrogens with one attached hydrogen (secondary N) is 1. The predicted octanol–water partition coefficient (Wildman–Crippen LogP) is 2.48.